The van der Waals surface area contributed by atoms with Gasteiger partial charge in [0.25, 0.3) is 0 Å². The van der Waals surface area contributed by atoms with E-state index in [1.807, 2.05) is 24.3 Å². The number of hydrogen-bond acceptors (Lipinski definition) is 6. The van der Waals surface area contributed by atoms with Crippen molar-refractivity contribution in [2.75, 3.05) is 0 Å². The Morgan fingerprint density at radius 3 is 1.07 bits per heavy atom. The quantitative estimate of drug-likeness (QED) is 0.0766. The predicted molar refractivity (Wildman–Crippen MR) is 156 cm³/mol. The maximum atomic E-state index is 15.4. The molecule has 0 saturated carbocycles. The van der Waals surface area contributed by atoms with Crippen LogP contribution in [0.15, 0.2) is 72.8 Å². The number of aromatic amines is 2. The van der Waals surface area contributed by atoms with Crippen molar-refractivity contribution in [1.82, 2.24) is 39.9 Å². The van der Waals surface area contributed by atoms with Crippen molar-refractivity contribution in [3.05, 3.63) is 96.1 Å². The molecule has 221 valence electrons. The molecule has 45 heavy (non-hydrogen) atoms. The summed E-state index contributed by atoms with van der Waals surface area (Å²) in [5.74, 6) is -6.36. The fourth-order valence-electron chi connectivity index (χ4n) is 5.75. The minimum absolute atomic E-state index is 0. The van der Waals surface area contributed by atoms with E-state index in [0.717, 1.165) is 10.8 Å². The number of halogens is 4. The molecule has 13 heteroatoms. The first-order valence-electron chi connectivity index (χ1n) is 13.4. The van der Waals surface area contributed by atoms with Gasteiger partial charge in [0.05, 0.1) is 10.8 Å². The van der Waals surface area contributed by atoms with E-state index < -0.39 is 34.0 Å². The van der Waals surface area contributed by atoms with Crippen LogP contribution in [0.2, 0.25) is 0 Å². The molecule has 0 amide bonds. The van der Waals surface area contributed by atoms with Crippen LogP contribution >= 0.6 is 0 Å². The number of nitrogens with zero attached hydrogens (tertiary/aromatic N) is 6. The standard InChI is InChI=1S/C32H14F4N8.Cu/c33-21-19-20(22(34)24(36)23(21)35)32-43-30-18-12-6-4-10-16(18)28(41-30)39-26-14-8-2-1-7-13(14)25(37-26)38-27-15-9-3-5-11-17(15)29(40-27)42-31(19)44-32;/h1-12H,(H2,37,38,39,40,41,42,43,44);. The fraction of sp³-hybridized carbons (Fsp3) is 0. The summed E-state index contributed by atoms with van der Waals surface area (Å²) in [6.07, 6.45) is 0. The molecule has 0 unspecified atom stereocenters. The number of rotatable bonds is 0. The molecule has 0 aliphatic carbocycles. The molecule has 4 aromatic carbocycles. The van der Waals surface area contributed by atoms with Crippen LogP contribution in [-0.2, 0) is 17.1 Å². The van der Waals surface area contributed by atoms with Crippen molar-refractivity contribution in [2.24, 2.45) is 0 Å². The van der Waals surface area contributed by atoms with Gasteiger partial charge in [-0.2, -0.15) is 0 Å². The molecule has 5 heterocycles. The largest absolute Gasteiger partial charge is 0.324 e. The number of fused-ring (bicyclic) bond motifs is 20. The van der Waals surface area contributed by atoms with Crippen molar-refractivity contribution in [3.8, 4) is 45.6 Å². The van der Waals surface area contributed by atoms with Crippen molar-refractivity contribution >= 4 is 44.1 Å². The summed E-state index contributed by atoms with van der Waals surface area (Å²) in [6, 6.07) is 21.8. The second kappa shape index (κ2) is 9.74. The second-order valence-corrected chi connectivity index (χ2v) is 10.3. The molecular formula is C32H14CuF4N8. The van der Waals surface area contributed by atoms with E-state index in [2.05, 4.69) is 29.9 Å². The maximum Gasteiger partial charge on any atom is 0.198 e. The van der Waals surface area contributed by atoms with E-state index in [4.69, 9.17) is 9.97 Å². The molecule has 0 saturated heterocycles. The molecule has 0 fully saturated rings. The summed E-state index contributed by atoms with van der Waals surface area (Å²) in [6.45, 7) is 0. The maximum absolute atomic E-state index is 15.4. The fourth-order valence-corrected chi connectivity index (χ4v) is 5.75. The second-order valence-electron chi connectivity index (χ2n) is 10.3. The Morgan fingerprint density at radius 2 is 0.689 bits per heavy atom. The van der Waals surface area contributed by atoms with Crippen molar-refractivity contribution in [3.63, 3.8) is 0 Å². The third-order valence-corrected chi connectivity index (χ3v) is 7.76. The molecular weight excluding hydrogens is 636 g/mol. The van der Waals surface area contributed by atoms with Crippen LogP contribution in [0.3, 0.4) is 0 Å². The van der Waals surface area contributed by atoms with Crippen molar-refractivity contribution in [2.45, 2.75) is 0 Å². The van der Waals surface area contributed by atoms with Gasteiger partial charge in [0, 0.05) is 50.1 Å². The molecule has 0 atom stereocenters. The average molecular weight is 650 g/mol. The first kappa shape index (κ1) is 27.1. The van der Waals surface area contributed by atoms with Crippen LogP contribution in [0.25, 0.3) is 89.7 Å². The summed E-state index contributed by atoms with van der Waals surface area (Å²) < 4.78 is 59.9. The van der Waals surface area contributed by atoms with Gasteiger partial charge in [-0.3, -0.25) is 0 Å². The Labute approximate surface area is 259 Å². The number of aromatic nitrogens is 8. The molecule has 1 radical (unpaired) electrons. The van der Waals surface area contributed by atoms with Crippen LogP contribution in [0.4, 0.5) is 17.6 Å². The minimum atomic E-state index is -1.97. The van der Waals surface area contributed by atoms with E-state index in [9.17, 15) is 8.78 Å². The Bertz CT molecular complexity index is 2410. The SMILES string of the molecule is Fc1c(F)c(F)c2c3nc4nc(nc5[nH]c(nc6nc(nc([nH]3)c2c1F)-c1ccccc1-6)c1ccccc51)-c1ccccc1-4.[Cu]. The van der Waals surface area contributed by atoms with E-state index in [1.54, 1.807) is 48.5 Å². The van der Waals surface area contributed by atoms with Crippen molar-refractivity contribution in [1.29, 1.82) is 0 Å². The van der Waals surface area contributed by atoms with E-state index in [-0.39, 0.29) is 40.0 Å². The third kappa shape index (κ3) is 3.84. The molecule has 8 bridgehead atoms. The topological polar surface area (TPSA) is 109 Å². The van der Waals surface area contributed by atoms with Crippen LogP contribution in [0.5, 0.6) is 0 Å². The summed E-state index contributed by atoms with van der Waals surface area (Å²) >= 11 is 0. The zero-order chi connectivity index (χ0) is 29.7. The van der Waals surface area contributed by atoms with E-state index >= 15 is 8.78 Å². The first-order valence-corrected chi connectivity index (χ1v) is 13.4. The van der Waals surface area contributed by atoms with Gasteiger partial charge in [-0.1, -0.05) is 72.8 Å². The smallest absolute Gasteiger partial charge is 0.198 e. The summed E-state index contributed by atoms with van der Waals surface area (Å²) in [7, 11) is 0. The van der Waals surface area contributed by atoms with Gasteiger partial charge in [-0.05, 0) is 0 Å². The van der Waals surface area contributed by atoms with Crippen LogP contribution in [0.1, 0.15) is 0 Å². The summed E-state index contributed by atoms with van der Waals surface area (Å²) in [5, 5.41) is 0.346. The minimum Gasteiger partial charge on any atom is -0.324 e. The van der Waals surface area contributed by atoms with Gasteiger partial charge < -0.3 is 9.97 Å². The average Bonchev–Trinajstić information content (AvgIpc) is 3.78. The Morgan fingerprint density at radius 1 is 0.378 bits per heavy atom. The van der Waals surface area contributed by atoms with Crippen LogP contribution in [-0.4, -0.2) is 39.9 Å². The molecule has 0 spiro atoms. The number of H-pyrrole nitrogens is 2. The van der Waals surface area contributed by atoms with Gasteiger partial charge in [0.2, 0.25) is 0 Å². The predicted octanol–water partition coefficient (Wildman–Crippen LogP) is 7.42. The Kier molecular flexibility index (Phi) is 5.86. The molecule has 3 aromatic heterocycles. The first-order chi connectivity index (χ1) is 21.5. The van der Waals surface area contributed by atoms with Gasteiger partial charge in [0.15, 0.2) is 46.6 Å². The molecule has 2 N–H and O–H groups in total. The molecule has 2 aliphatic heterocycles. The zero-order valence-corrected chi connectivity index (χ0v) is 23.4. The Hall–Kier alpha value is -5.52. The van der Waals surface area contributed by atoms with Gasteiger partial charge in [-0.25, -0.2) is 47.5 Å². The van der Waals surface area contributed by atoms with E-state index in [1.165, 1.54) is 0 Å². The number of benzene rings is 4. The van der Waals surface area contributed by atoms with Crippen LogP contribution in [0, 0.1) is 23.3 Å². The monoisotopic (exact) mass is 649 g/mol. The normalized spacial score (nSPS) is 11.8. The van der Waals surface area contributed by atoms with Gasteiger partial charge in [-0.15, -0.1) is 0 Å². The number of hydrogen-bond donors (Lipinski definition) is 2. The van der Waals surface area contributed by atoms with Gasteiger partial charge >= 0.3 is 0 Å². The summed E-state index contributed by atoms with van der Waals surface area (Å²) in [4.78, 5) is 33.9. The Balaban J connectivity index is 0.00000300. The molecule has 2 aliphatic rings. The molecule has 7 aromatic rings. The molecule has 9 rings (SSSR count). The van der Waals surface area contributed by atoms with Gasteiger partial charge in [0.1, 0.15) is 22.6 Å². The third-order valence-electron chi connectivity index (χ3n) is 7.76. The van der Waals surface area contributed by atoms with Crippen molar-refractivity contribution < 1.29 is 34.6 Å². The van der Waals surface area contributed by atoms with Crippen LogP contribution < -0.4 is 0 Å². The summed E-state index contributed by atoms with van der Waals surface area (Å²) in [5.41, 5.74) is 2.73. The zero-order valence-electron chi connectivity index (χ0n) is 22.4. The van der Waals surface area contributed by atoms with E-state index in [0.29, 0.717) is 45.2 Å². The number of nitrogens with one attached hydrogen (secondary N) is 2. The molecule has 8 nitrogen and oxygen atoms in total.